The number of nitrogens with zero attached hydrogens (tertiary/aromatic N) is 3. The Hall–Kier alpha value is -3.06. The summed E-state index contributed by atoms with van der Waals surface area (Å²) < 4.78 is 48.9. The summed E-state index contributed by atoms with van der Waals surface area (Å²) in [6.07, 6.45) is -0.701. The van der Waals surface area contributed by atoms with Gasteiger partial charge in [-0.3, -0.25) is 4.79 Å². The molecule has 0 spiro atoms. The van der Waals surface area contributed by atoms with Crippen molar-refractivity contribution in [1.29, 1.82) is 5.26 Å². The van der Waals surface area contributed by atoms with Gasteiger partial charge < -0.3 is 19.4 Å². The van der Waals surface area contributed by atoms with E-state index in [-0.39, 0.29) is 29.3 Å². The van der Waals surface area contributed by atoms with Gasteiger partial charge in [0.1, 0.15) is 0 Å². The zero-order valence-electron chi connectivity index (χ0n) is 14.9. The number of amides is 1. The molecule has 1 aliphatic rings. The summed E-state index contributed by atoms with van der Waals surface area (Å²) in [5, 5.41) is 11.9. The molecule has 148 valence electrons. The highest BCUT2D eigenvalue weighted by Gasteiger charge is 2.33. The van der Waals surface area contributed by atoms with Crippen LogP contribution in [-0.2, 0) is 10.9 Å². The first-order valence-corrected chi connectivity index (χ1v) is 8.41. The molecular weight excluding hydrogens is 377 g/mol. The van der Waals surface area contributed by atoms with Gasteiger partial charge in [0, 0.05) is 25.3 Å². The molecule has 1 aliphatic heterocycles. The van der Waals surface area contributed by atoms with Crippen LogP contribution < -0.4 is 5.32 Å². The molecule has 10 heteroatoms. The van der Waals surface area contributed by atoms with Gasteiger partial charge in [0.2, 0.25) is 0 Å². The summed E-state index contributed by atoms with van der Waals surface area (Å²) in [5.41, 5.74) is -0.655. The summed E-state index contributed by atoms with van der Waals surface area (Å²) in [4.78, 5) is 17.7. The molecule has 2 aromatic rings. The first-order valence-electron chi connectivity index (χ1n) is 8.41. The summed E-state index contributed by atoms with van der Waals surface area (Å²) in [6.45, 7) is 0.691. The largest absolute Gasteiger partial charge is 0.432 e. The average molecular weight is 394 g/mol. The molecule has 1 saturated heterocycles. The monoisotopic (exact) mass is 394 g/mol. The number of carbonyl (C=O) groups excluding carboxylic acids is 1. The quantitative estimate of drug-likeness (QED) is 0.784. The lowest BCUT2D eigenvalue weighted by molar-refractivity contribution is -0.137. The lowest BCUT2D eigenvalue weighted by Crippen LogP contribution is -2.36. The van der Waals surface area contributed by atoms with E-state index in [0.29, 0.717) is 19.6 Å². The van der Waals surface area contributed by atoms with Crippen LogP contribution >= 0.6 is 0 Å². The van der Waals surface area contributed by atoms with Crippen molar-refractivity contribution in [2.24, 2.45) is 0 Å². The highest BCUT2D eigenvalue weighted by atomic mass is 19.4. The Morgan fingerprint density at radius 1 is 1.50 bits per heavy atom. The Bertz CT molecular complexity index is 891. The van der Waals surface area contributed by atoms with Crippen molar-refractivity contribution in [2.45, 2.75) is 24.7 Å². The summed E-state index contributed by atoms with van der Waals surface area (Å²) >= 11 is 0. The zero-order chi connectivity index (χ0) is 20.3. The number of alkyl halides is 3. The molecule has 1 aromatic carbocycles. The molecule has 0 bridgehead atoms. The number of nitrogens with one attached hydrogen (secondary N) is 1. The maximum atomic E-state index is 12.8. The molecule has 7 nitrogen and oxygen atoms in total. The second-order valence-electron chi connectivity index (χ2n) is 6.38. The van der Waals surface area contributed by atoms with Gasteiger partial charge in [-0.25, -0.2) is 4.98 Å². The van der Waals surface area contributed by atoms with Gasteiger partial charge in [0.15, 0.2) is 12.0 Å². The highest BCUT2D eigenvalue weighted by Crippen LogP contribution is 2.32. The van der Waals surface area contributed by atoms with Crippen LogP contribution in [0, 0.1) is 11.5 Å². The molecule has 1 amide bonds. The molecule has 2 unspecified atom stereocenters. The summed E-state index contributed by atoms with van der Waals surface area (Å²) in [6, 6.07) is 4.14. The molecule has 0 saturated carbocycles. The van der Waals surface area contributed by atoms with E-state index in [9.17, 15) is 18.0 Å². The topological polar surface area (TPSA) is 91.4 Å². The van der Waals surface area contributed by atoms with Crippen LogP contribution in [0.3, 0.4) is 0 Å². The number of benzene rings is 1. The lowest BCUT2D eigenvalue weighted by Gasteiger charge is -2.15. The van der Waals surface area contributed by atoms with Crippen molar-refractivity contribution in [3.05, 3.63) is 41.9 Å². The zero-order valence-corrected chi connectivity index (χ0v) is 14.9. The molecule has 1 N–H and O–H groups in total. The summed E-state index contributed by atoms with van der Waals surface area (Å²) in [5.74, 6) is -0.802. The fraction of sp³-hybridized carbons (Fsp3) is 0.389. The molecule has 0 aliphatic carbocycles. The van der Waals surface area contributed by atoms with Gasteiger partial charge in [-0.05, 0) is 18.6 Å². The van der Waals surface area contributed by atoms with Crippen LogP contribution in [0.4, 0.5) is 13.2 Å². The lowest BCUT2D eigenvalue weighted by atomic mass is 10.1. The number of methoxy groups -OCH3 is 1. The van der Waals surface area contributed by atoms with E-state index in [1.165, 1.54) is 30.3 Å². The van der Waals surface area contributed by atoms with Gasteiger partial charge in [-0.2, -0.15) is 18.4 Å². The van der Waals surface area contributed by atoms with Crippen molar-refractivity contribution in [2.75, 3.05) is 20.3 Å². The van der Waals surface area contributed by atoms with Crippen molar-refractivity contribution >= 4 is 5.91 Å². The molecule has 1 aromatic heterocycles. The smallest absolute Gasteiger partial charge is 0.416 e. The fourth-order valence-corrected chi connectivity index (χ4v) is 3.10. The Kier molecular flexibility index (Phi) is 5.56. The predicted octanol–water partition coefficient (Wildman–Crippen LogP) is 2.66. The molecule has 0 radical (unpaired) electrons. The second kappa shape index (κ2) is 7.90. The molecular formula is C18H17F3N4O3. The van der Waals surface area contributed by atoms with Crippen molar-refractivity contribution < 1.29 is 27.1 Å². The molecule has 1 fully saturated rings. The number of likely N-dealkylation sites (tertiary alicyclic amines) is 1. The molecule has 3 rings (SSSR count). The minimum Gasteiger partial charge on any atom is -0.432 e. The number of nitriles is 1. The van der Waals surface area contributed by atoms with Crippen LogP contribution in [-0.4, -0.2) is 48.1 Å². The van der Waals surface area contributed by atoms with E-state index in [2.05, 4.69) is 16.5 Å². The standard InChI is InChI=1S/C18H17F3N4O3/c1-27-9-14-6-13(8-25(14)10-22)24-16(26)17-23-7-15(28-17)11-3-2-4-12(5-11)18(19,20)21/h2-5,7,13-14H,6,8-9H2,1H3,(H,24,26). The molecule has 28 heavy (non-hydrogen) atoms. The maximum absolute atomic E-state index is 12.8. The van der Waals surface area contributed by atoms with Crippen molar-refractivity contribution in [1.82, 2.24) is 15.2 Å². The molecule has 2 atom stereocenters. The van der Waals surface area contributed by atoms with Gasteiger partial charge in [0.05, 0.1) is 24.4 Å². The fourth-order valence-electron chi connectivity index (χ4n) is 3.10. The van der Waals surface area contributed by atoms with E-state index in [4.69, 9.17) is 14.4 Å². The first kappa shape index (κ1) is 19.7. The van der Waals surface area contributed by atoms with Gasteiger partial charge in [0.25, 0.3) is 5.89 Å². The van der Waals surface area contributed by atoms with E-state index in [1.54, 1.807) is 0 Å². The molecule has 2 heterocycles. The Balaban J connectivity index is 1.69. The van der Waals surface area contributed by atoms with Crippen molar-refractivity contribution in [3.8, 4) is 17.5 Å². The second-order valence-corrected chi connectivity index (χ2v) is 6.38. The number of ether oxygens (including phenoxy) is 1. The van der Waals surface area contributed by atoms with E-state index in [0.717, 1.165) is 12.1 Å². The van der Waals surface area contributed by atoms with Crippen LogP contribution in [0.15, 0.2) is 34.9 Å². The third-order valence-electron chi connectivity index (χ3n) is 4.41. The minimum absolute atomic E-state index is 0.0542. The van der Waals surface area contributed by atoms with E-state index < -0.39 is 17.6 Å². The van der Waals surface area contributed by atoms with Crippen LogP contribution in [0.1, 0.15) is 22.7 Å². The van der Waals surface area contributed by atoms with Crippen LogP contribution in [0.25, 0.3) is 11.3 Å². The summed E-state index contributed by atoms with van der Waals surface area (Å²) in [7, 11) is 1.53. The number of carbonyl (C=O) groups is 1. The van der Waals surface area contributed by atoms with Crippen LogP contribution in [0.5, 0.6) is 0 Å². The Labute approximate surface area is 158 Å². The number of hydrogen-bond donors (Lipinski definition) is 1. The number of hydrogen-bond acceptors (Lipinski definition) is 6. The highest BCUT2D eigenvalue weighted by molar-refractivity contribution is 5.90. The van der Waals surface area contributed by atoms with Crippen LogP contribution in [0.2, 0.25) is 0 Å². The van der Waals surface area contributed by atoms with Gasteiger partial charge in [-0.15, -0.1) is 0 Å². The third kappa shape index (κ3) is 4.26. The maximum Gasteiger partial charge on any atom is 0.416 e. The Morgan fingerprint density at radius 2 is 2.29 bits per heavy atom. The number of oxazole rings is 1. The van der Waals surface area contributed by atoms with Gasteiger partial charge >= 0.3 is 12.1 Å². The van der Waals surface area contributed by atoms with E-state index >= 15 is 0 Å². The van der Waals surface area contributed by atoms with Gasteiger partial charge in [-0.1, -0.05) is 12.1 Å². The average Bonchev–Trinajstić information content (AvgIpc) is 3.29. The number of halogens is 3. The van der Waals surface area contributed by atoms with E-state index in [1.807, 2.05) is 0 Å². The first-order chi connectivity index (χ1) is 13.3. The Morgan fingerprint density at radius 3 is 2.96 bits per heavy atom. The number of rotatable bonds is 5. The normalized spacial score (nSPS) is 19.5. The minimum atomic E-state index is -4.48. The van der Waals surface area contributed by atoms with Crippen molar-refractivity contribution in [3.63, 3.8) is 0 Å². The number of aromatic nitrogens is 1. The predicted molar refractivity (Wildman–Crippen MR) is 90.8 cm³/mol. The third-order valence-corrected chi connectivity index (χ3v) is 4.41. The SMILES string of the molecule is COCC1CC(NC(=O)c2ncc(-c3cccc(C(F)(F)F)c3)o2)CN1C#N.